The van der Waals surface area contributed by atoms with Crippen molar-refractivity contribution in [3.63, 3.8) is 0 Å². The van der Waals surface area contributed by atoms with Crippen molar-refractivity contribution in [2.24, 2.45) is 0 Å². The summed E-state index contributed by atoms with van der Waals surface area (Å²) < 4.78 is 54.2. The van der Waals surface area contributed by atoms with E-state index in [4.69, 9.17) is 0 Å². The van der Waals surface area contributed by atoms with Crippen molar-refractivity contribution in [2.45, 2.75) is 37.3 Å². The molecule has 0 amide bonds. The smallest absolute Gasteiger partial charge is 0.331 e. The number of rotatable bonds is 2. The van der Waals surface area contributed by atoms with Crippen LogP contribution in [0, 0.1) is 5.82 Å². The molecule has 7 heteroatoms. The number of aromatic nitrogens is 2. The largest absolute Gasteiger partial charge is 0.434 e. The highest BCUT2D eigenvalue weighted by molar-refractivity contribution is 9.09. The number of aryl methyl sites for hydroxylation is 2. The van der Waals surface area contributed by atoms with Gasteiger partial charge in [0.15, 0.2) is 5.69 Å². The number of benzene rings is 1. The van der Waals surface area contributed by atoms with Gasteiger partial charge in [0.2, 0.25) is 0 Å². The predicted octanol–water partition coefficient (Wildman–Crippen LogP) is 5.11. The summed E-state index contributed by atoms with van der Waals surface area (Å²) in [5, 5.41) is 0. The quantitative estimate of drug-likeness (QED) is 0.525. The first-order valence-electron chi connectivity index (χ1n) is 6.92. The van der Waals surface area contributed by atoms with Crippen LogP contribution in [0.1, 0.15) is 35.0 Å². The Hall–Kier alpha value is -1.37. The van der Waals surface area contributed by atoms with Crippen molar-refractivity contribution >= 4 is 15.9 Å². The van der Waals surface area contributed by atoms with E-state index in [0.29, 0.717) is 0 Å². The summed E-state index contributed by atoms with van der Waals surface area (Å²) in [6, 6.07) is 3.03. The van der Waals surface area contributed by atoms with Crippen molar-refractivity contribution in [2.75, 3.05) is 0 Å². The SMILES string of the molecule is CCn1cc(C(F)(F)F)nc1-c1cc2c(cc1F)C(Br)CC2. The van der Waals surface area contributed by atoms with E-state index in [1.54, 1.807) is 13.0 Å². The van der Waals surface area contributed by atoms with Crippen molar-refractivity contribution in [1.29, 1.82) is 0 Å². The Morgan fingerprint density at radius 1 is 1.36 bits per heavy atom. The molecule has 1 unspecified atom stereocenters. The van der Waals surface area contributed by atoms with Crippen LogP contribution in [0.3, 0.4) is 0 Å². The van der Waals surface area contributed by atoms with E-state index >= 15 is 0 Å². The van der Waals surface area contributed by atoms with Crippen LogP contribution < -0.4 is 0 Å². The lowest BCUT2D eigenvalue weighted by Gasteiger charge is -2.09. The van der Waals surface area contributed by atoms with E-state index in [0.717, 1.165) is 30.2 Å². The van der Waals surface area contributed by atoms with Crippen LogP contribution in [0.15, 0.2) is 18.3 Å². The van der Waals surface area contributed by atoms with Gasteiger partial charge in [-0.15, -0.1) is 0 Å². The van der Waals surface area contributed by atoms with Gasteiger partial charge in [0, 0.05) is 17.6 Å². The molecule has 3 rings (SSSR count). The molecule has 0 saturated heterocycles. The molecule has 1 heterocycles. The highest BCUT2D eigenvalue weighted by Crippen LogP contribution is 2.40. The van der Waals surface area contributed by atoms with Crippen molar-refractivity contribution in [3.8, 4) is 11.4 Å². The normalized spacial score (nSPS) is 17.8. The molecule has 0 saturated carbocycles. The summed E-state index contributed by atoms with van der Waals surface area (Å²) in [6.07, 6.45) is -1.98. The average molecular weight is 377 g/mol. The van der Waals surface area contributed by atoms with Crippen LogP contribution in [-0.4, -0.2) is 9.55 Å². The number of hydrogen-bond acceptors (Lipinski definition) is 1. The van der Waals surface area contributed by atoms with Crippen LogP contribution in [0.4, 0.5) is 17.6 Å². The summed E-state index contributed by atoms with van der Waals surface area (Å²) in [7, 11) is 0. The van der Waals surface area contributed by atoms with E-state index in [-0.39, 0.29) is 22.8 Å². The summed E-state index contributed by atoms with van der Waals surface area (Å²) in [5.41, 5.74) is 0.949. The van der Waals surface area contributed by atoms with Crippen molar-refractivity contribution in [1.82, 2.24) is 9.55 Å². The third-order valence-corrected chi connectivity index (χ3v) is 4.83. The predicted molar refractivity (Wildman–Crippen MR) is 78.3 cm³/mol. The second-order valence-corrected chi connectivity index (χ2v) is 6.38. The van der Waals surface area contributed by atoms with Gasteiger partial charge < -0.3 is 4.57 Å². The van der Waals surface area contributed by atoms with Gasteiger partial charge in [-0.05, 0) is 43.0 Å². The average Bonchev–Trinajstić information content (AvgIpc) is 3.02. The van der Waals surface area contributed by atoms with Gasteiger partial charge in [-0.25, -0.2) is 9.37 Å². The number of nitrogens with zero attached hydrogens (tertiary/aromatic N) is 2. The molecule has 2 aromatic rings. The van der Waals surface area contributed by atoms with Gasteiger partial charge in [-0.3, -0.25) is 0 Å². The highest BCUT2D eigenvalue weighted by atomic mass is 79.9. The van der Waals surface area contributed by atoms with E-state index in [2.05, 4.69) is 20.9 Å². The third kappa shape index (κ3) is 2.55. The molecular weight excluding hydrogens is 364 g/mol. The zero-order valence-corrected chi connectivity index (χ0v) is 13.3. The zero-order valence-electron chi connectivity index (χ0n) is 11.7. The molecule has 0 spiro atoms. The van der Waals surface area contributed by atoms with E-state index in [1.165, 1.54) is 10.6 Å². The molecule has 118 valence electrons. The first-order chi connectivity index (χ1) is 10.3. The first-order valence-corrected chi connectivity index (χ1v) is 7.84. The van der Waals surface area contributed by atoms with Gasteiger partial charge in [-0.2, -0.15) is 13.2 Å². The minimum atomic E-state index is -4.54. The molecule has 1 aliphatic rings. The third-order valence-electron chi connectivity index (χ3n) is 3.88. The topological polar surface area (TPSA) is 17.8 Å². The Balaban J connectivity index is 2.14. The fourth-order valence-corrected chi connectivity index (χ4v) is 3.41. The number of fused-ring (bicyclic) bond motifs is 1. The molecule has 0 radical (unpaired) electrons. The van der Waals surface area contributed by atoms with Gasteiger partial charge in [-0.1, -0.05) is 15.9 Å². The summed E-state index contributed by atoms with van der Waals surface area (Å²) in [6.45, 7) is 1.99. The Morgan fingerprint density at radius 2 is 2.09 bits per heavy atom. The lowest BCUT2D eigenvalue weighted by molar-refractivity contribution is -0.140. The first kappa shape index (κ1) is 15.5. The van der Waals surface area contributed by atoms with Crippen LogP contribution in [0.25, 0.3) is 11.4 Å². The highest BCUT2D eigenvalue weighted by Gasteiger charge is 2.35. The number of halogens is 5. The minimum absolute atomic E-state index is 0.0214. The molecule has 0 N–H and O–H groups in total. The van der Waals surface area contributed by atoms with Crippen LogP contribution in [0.5, 0.6) is 0 Å². The van der Waals surface area contributed by atoms with Gasteiger partial charge in [0.05, 0.1) is 5.56 Å². The summed E-state index contributed by atoms with van der Waals surface area (Å²) >= 11 is 3.47. The molecule has 22 heavy (non-hydrogen) atoms. The Morgan fingerprint density at radius 3 is 2.73 bits per heavy atom. The lowest BCUT2D eigenvalue weighted by Crippen LogP contribution is -2.05. The Labute approximate surface area is 133 Å². The molecular formula is C15H13BrF4N2. The van der Waals surface area contributed by atoms with Crippen LogP contribution in [-0.2, 0) is 19.1 Å². The minimum Gasteiger partial charge on any atom is -0.331 e. The maximum absolute atomic E-state index is 14.4. The van der Waals surface area contributed by atoms with Crippen molar-refractivity contribution < 1.29 is 17.6 Å². The van der Waals surface area contributed by atoms with Crippen LogP contribution >= 0.6 is 15.9 Å². The maximum Gasteiger partial charge on any atom is 0.434 e. The molecule has 1 aromatic heterocycles. The fraction of sp³-hybridized carbons (Fsp3) is 0.400. The molecule has 1 aliphatic carbocycles. The summed E-state index contributed by atoms with van der Waals surface area (Å²) in [4.78, 5) is 3.71. The molecule has 1 atom stereocenters. The summed E-state index contributed by atoms with van der Waals surface area (Å²) in [5.74, 6) is -0.521. The number of hydrogen-bond donors (Lipinski definition) is 0. The standard InChI is InChI=1S/C15H13BrF4N2/c1-2-22-7-13(15(18,19)20)21-14(22)10-5-8-3-4-11(16)9(8)6-12(10)17/h5-7,11H,2-4H2,1H3. The zero-order chi connectivity index (χ0) is 16.1. The number of imidazole rings is 1. The monoisotopic (exact) mass is 376 g/mol. The van der Waals surface area contributed by atoms with Gasteiger partial charge in [0.25, 0.3) is 0 Å². The van der Waals surface area contributed by atoms with Gasteiger partial charge >= 0.3 is 6.18 Å². The molecule has 0 bridgehead atoms. The van der Waals surface area contributed by atoms with E-state index < -0.39 is 17.7 Å². The second-order valence-electron chi connectivity index (χ2n) is 5.27. The Kier molecular flexibility index (Phi) is 3.79. The maximum atomic E-state index is 14.4. The number of alkyl halides is 4. The van der Waals surface area contributed by atoms with Crippen molar-refractivity contribution in [3.05, 3.63) is 41.0 Å². The van der Waals surface area contributed by atoms with E-state index in [1.807, 2.05) is 0 Å². The molecule has 1 aromatic carbocycles. The fourth-order valence-electron chi connectivity index (χ4n) is 2.76. The van der Waals surface area contributed by atoms with E-state index in [9.17, 15) is 17.6 Å². The lowest BCUT2D eigenvalue weighted by atomic mass is 10.1. The van der Waals surface area contributed by atoms with Gasteiger partial charge in [0.1, 0.15) is 11.6 Å². The van der Waals surface area contributed by atoms with Crippen LogP contribution in [0.2, 0.25) is 0 Å². The Bertz CT molecular complexity index is 721. The molecule has 2 nitrogen and oxygen atoms in total. The second kappa shape index (κ2) is 5.37. The molecule has 0 aliphatic heterocycles. The molecule has 0 fully saturated rings.